The molecule has 1 fully saturated rings. The second-order valence-electron chi connectivity index (χ2n) is 5.32. The first-order valence-corrected chi connectivity index (χ1v) is 8.80. The van der Waals surface area contributed by atoms with Crippen molar-refractivity contribution in [2.45, 2.75) is 25.7 Å². The third-order valence-corrected chi connectivity index (χ3v) is 5.09. The fraction of sp³-hybridized carbons (Fsp3) is 0.467. The van der Waals surface area contributed by atoms with Crippen LogP contribution in [0.5, 0.6) is 0 Å². The van der Waals surface area contributed by atoms with Gasteiger partial charge in [0, 0.05) is 27.6 Å². The number of rotatable bonds is 4. The fourth-order valence-electron chi connectivity index (χ4n) is 2.64. The lowest BCUT2D eigenvalue weighted by Crippen LogP contribution is -2.40. The van der Waals surface area contributed by atoms with E-state index in [2.05, 4.69) is 38.5 Å². The molecule has 1 aliphatic heterocycles. The smallest absolute Gasteiger partial charge is 0.303 e. The molecule has 0 spiro atoms. The highest BCUT2D eigenvalue weighted by molar-refractivity contribution is 14.1. The van der Waals surface area contributed by atoms with Crippen molar-refractivity contribution in [1.29, 1.82) is 0 Å². The number of carboxylic acids is 1. The Bertz CT molecular complexity index is 550. The summed E-state index contributed by atoms with van der Waals surface area (Å²) in [5, 5.41) is 8.78. The minimum absolute atomic E-state index is 0.0282. The number of likely N-dealkylation sites (tertiary alicyclic amines) is 1. The molecule has 2 rings (SSSR count). The molecule has 1 saturated heterocycles. The third kappa shape index (κ3) is 4.67. The Labute approximate surface area is 146 Å². The predicted octanol–water partition coefficient (Wildman–Crippen LogP) is 3.77. The van der Waals surface area contributed by atoms with E-state index < -0.39 is 5.97 Å². The minimum atomic E-state index is -0.765. The van der Waals surface area contributed by atoms with Crippen molar-refractivity contribution in [1.82, 2.24) is 4.90 Å². The number of nitrogens with zero attached hydrogens (tertiary/aromatic N) is 1. The van der Waals surface area contributed by atoms with E-state index in [4.69, 9.17) is 5.11 Å². The van der Waals surface area contributed by atoms with Gasteiger partial charge in [0.2, 0.25) is 0 Å². The maximum absolute atomic E-state index is 12.6. The first-order valence-electron chi connectivity index (χ1n) is 6.93. The number of carbonyl (C=O) groups is 2. The Kier molecular flexibility index (Phi) is 6.04. The molecule has 0 aliphatic carbocycles. The van der Waals surface area contributed by atoms with E-state index in [0.29, 0.717) is 24.4 Å². The Morgan fingerprint density at radius 1 is 1.43 bits per heavy atom. The molecule has 1 atom stereocenters. The Morgan fingerprint density at radius 2 is 2.19 bits per heavy atom. The van der Waals surface area contributed by atoms with Crippen LogP contribution < -0.4 is 0 Å². The van der Waals surface area contributed by atoms with Crippen LogP contribution in [0.1, 0.15) is 36.0 Å². The number of aliphatic carboxylic acids is 1. The van der Waals surface area contributed by atoms with Crippen LogP contribution in [-0.2, 0) is 4.79 Å². The summed E-state index contributed by atoms with van der Waals surface area (Å²) in [7, 11) is 0. The summed E-state index contributed by atoms with van der Waals surface area (Å²) in [4.78, 5) is 25.2. The monoisotopic (exact) mass is 465 g/mol. The summed E-state index contributed by atoms with van der Waals surface area (Å²) >= 11 is 5.63. The Morgan fingerprint density at radius 3 is 2.90 bits per heavy atom. The molecule has 6 heteroatoms. The number of hydrogen-bond acceptors (Lipinski definition) is 2. The van der Waals surface area contributed by atoms with E-state index in [-0.39, 0.29) is 12.3 Å². The Balaban J connectivity index is 2.05. The number of piperidine rings is 1. The van der Waals surface area contributed by atoms with Gasteiger partial charge in [-0.1, -0.05) is 0 Å². The van der Waals surface area contributed by atoms with Crippen LogP contribution in [0.15, 0.2) is 22.7 Å². The molecular formula is C15H17BrINO3. The predicted molar refractivity (Wildman–Crippen MR) is 92.4 cm³/mol. The summed E-state index contributed by atoms with van der Waals surface area (Å²) in [5.41, 5.74) is 0.681. The Hall–Kier alpha value is -0.630. The van der Waals surface area contributed by atoms with E-state index in [1.807, 2.05) is 23.1 Å². The lowest BCUT2D eigenvalue weighted by molar-refractivity contribution is -0.137. The van der Waals surface area contributed by atoms with Gasteiger partial charge in [0.1, 0.15) is 0 Å². The van der Waals surface area contributed by atoms with Crippen molar-refractivity contribution >= 4 is 50.4 Å². The van der Waals surface area contributed by atoms with Gasteiger partial charge in [0.25, 0.3) is 5.91 Å². The van der Waals surface area contributed by atoms with Gasteiger partial charge in [-0.05, 0) is 81.9 Å². The van der Waals surface area contributed by atoms with Crippen LogP contribution in [0.4, 0.5) is 0 Å². The van der Waals surface area contributed by atoms with Crippen molar-refractivity contribution in [3.63, 3.8) is 0 Å². The van der Waals surface area contributed by atoms with Gasteiger partial charge in [0.15, 0.2) is 0 Å². The van der Waals surface area contributed by atoms with Crippen LogP contribution in [0, 0.1) is 9.49 Å². The highest BCUT2D eigenvalue weighted by Crippen LogP contribution is 2.26. The zero-order chi connectivity index (χ0) is 15.4. The zero-order valence-electron chi connectivity index (χ0n) is 11.5. The van der Waals surface area contributed by atoms with Gasteiger partial charge < -0.3 is 10.0 Å². The second kappa shape index (κ2) is 7.58. The number of carbonyl (C=O) groups excluding carboxylic acids is 1. The van der Waals surface area contributed by atoms with Crippen LogP contribution in [-0.4, -0.2) is 35.0 Å². The van der Waals surface area contributed by atoms with Crippen LogP contribution in [0.2, 0.25) is 0 Å². The largest absolute Gasteiger partial charge is 0.481 e. The van der Waals surface area contributed by atoms with Gasteiger partial charge >= 0.3 is 5.97 Å². The number of hydrogen-bond donors (Lipinski definition) is 1. The molecule has 0 saturated carbocycles. The maximum atomic E-state index is 12.6. The van der Waals surface area contributed by atoms with Gasteiger partial charge in [-0.2, -0.15) is 0 Å². The first kappa shape index (κ1) is 16.7. The molecule has 0 bridgehead atoms. The van der Waals surface area contributed by atoms with Gasteiger partial charge in [-0.15, -0.1) is 0 Å². The van der Waals surface area contributed by atoms with Crippen LogP contribution >= 0.6 is 38.5 Å². The molecule has 1 amide bonds. The lowest BCUT2D eigenvalue weighted by atomic mass is 9.93. The summed E-state index contributed by atoms with van der Waals surface area (Å²) < 4.78 is 1.83. The molecule has 21 heavy (non-hydrogen) atoms. The van der Waals surface area contributed by atoms with Crippen molar-refractivity contribution in [3.05, 3.63) is 31.8 Å². The van der Waals surface area contributed by atoms with Crippen LogP contribution in [0.3, 0.4) is 0 Å². The number of carboxylic acid groups (broad SMARTS) is 1. The average Bonchev–Trinajstić information content (AvgIpc) is 2.47. The molecule has 114 valence electrons. The zero-order valence-corrected chi connectivity index (χ0v) is 15.3. The molecular weight excluding hydrogens is 449 g/mol. The standard InChI is InChI=1S/C15H17BrINO3/c16-13-5-4-11(17)8-12(13)15(21)18-7-1-2-10(9-18)3-6-14(19)20/h4-5,8,10H,1-3,6-7,9H2,(H,19,20). The lowest BCUT2D eigenvalue weighted by Gasteiger charge is -2.33. The molecule has 4 nitrogen and oxygen atoms in total. The van der Waals surface area contributed by atoms with E-state index in [9.17, 15) is 9.59 Å². The summed E-state index contributed by atoms with van der Waals surface area (Å²) in [6.45, 7) is 1.41. The number of benzene rings is 1. The van der Waals surface area contributed by atoms with Gasteiger partial charge in [0.05, 0.1) is 5.56 Å². The third-order valence-electron chi connectivity index (χ3n) is 3.73. The SMILES string of the molecule is O=C(O)CCC1CCCN(C(=O)c2cc(I)ccc2Br)C1. The van der Waals surface area contributed by atoms with E-state index >= 15 is 0 Å². The maximum Gasteiger partial charge on any atom is 0.303 e. The highest BCUT2D eigenvalue weighted by atomic mass is 127. The molecule has 1 N–H and O–H groups in total. The van der Waals surface area contributed by atoms with Gasteiger partial charge in [-0.3, -0.25) is 9.59 Å². The topological polar surface area (TPSA) is 57.6 Å². The van der Waals surface area contributed by atoms with Gasteiger partial charge in [-0.25, -0.2) is 0 Å². The van der Waals surface area contributed by atoms with Crippen molar-refractivity contribution in [2.75, 3.05) is 13.1 Å². The molecule has 0 radical (unpaired) electrons. The average molecular weight is 466 g/mol. The van der Waals surface area contributed by atoms with Crippen molar-refractivity contribution in [2.24, 2.45) is 5.92 Å². The van der Waals surface area contributed by atoms with Crippen molar-refractivity contribution in [3.8, 4) is 0 Å². The molecule has 1 unspecified atom stereocenters. The van der Waals surface area contributed by atoms with E-state index in [1.165, 1.54) is 0 Å². The van der Waals surface area contributed by atoms with E-state index in [1.54, 1.807) is 0 Å². The quantitative estimate of drug-likeness (QED) is 0.688. The normalized spacial score (nSPS) is 18.6. The summed E-state index contributed by atoms with van der Waals surface area (Å²) in [5.74, 6) is -0.445. The second-order valence-corrected chi connectivity index (χ2v) is 7.42. The molecule has 0 aromatic heterocycles. The number of halogens is 2. The fourth-order valence-corrected chi connectivity index (χ4v) is 3.55. The molecule has 1 aliphatic rings. The summed E-state index contributed by atoms with van der Waals surface area (Å²) in [6.07, 6.45) is 2.77. The first-order chi connectivity index (χ1) is 9.97. The van der Waals surface area contributed by atoms with Crippen LogP contribution in [0.25, 0.3) is 0 Å². The van der Waals surface area contributed by atoms with E-state index in [0.717, 1.165) is 27.4 Å². The number of amides is 1. The molecule has 1 heterocycles. The minimum Gasteiger partial charge on any atom is -0.481 e. The summed E-state index contributed by atoms with van der Waals surface area (Å²) in [6, 6.07) is 5.72. The highest BCUT2D eigenvalue weighted by Gasteiger charge is 2.25. The van der Waals surface area contributed by atoms with Crippen molar-refractivity contribution < 1.29 is 14.7 Å². The molecule has 1 aromatic rings. The molecule has 1 aromatic carbocycles.